The third kappa shape index (κ3) is 1.53. The van der Waals surface area contributed by atoms with E-state index in [9.17, 15) is 13.6 Å². The predicted molar refractivity (Wildman–Crippen MR) is 56.0 cm³/mol. The van der Waals surface area contributed by atoms with Crippen molar-refractivity contribution >= 4 is 5.91 Å². The van der Waals surface area contributed by atoms with Crippen LogP contribution in [0.1, 0.15) is 24.6 Å². The van der Waals surface area contributed by atoms with E-state index >= 15 is 0 Å². The van der Waals surface area contributed by atoms with Crippen LogP contribution in [0.15, 0.2) is 4.52 Å². The van der Waals surface area contributed by atoms with Crippen molar-refractivity contribution in [2.45, 2.75) is 25.7 Å². The minimum atomic E-state index is -2.83. The van der Waals surface area contributed by atoms with Gasteiger partial charge in [-0.2, -0.15) is 4.98 Å². The third-order valence-corrected chi connectivity index (χ3v) is 3.76. The Morgan fingerprint density at radius 3 is 2.56 bits per heavy atom. The van der Waals surface area contributed by atoms with Crippen molar-refractivity contribution in [2.75, 3.05) is 13.1 Å². The van der Waals surface area contributed by atoms with Crippen LogP contribution in [0.3, 0.4) is 0 Å². The Labute approximate surface area is 102 Å². The first-order chi connectivity index (χ1) is 8.41. The van der Waals surface area contributed by atoms with Crippen molar-refractivity contribution in [1.29, 1.82) is 0 Å². The van der Waals surface area contributed by atoms with Crippen molar-refractivity contribution < 1.29 is 18.1 Å². The first kappa shape index (κ1) is 11.6. The topological polar surface area (TPSA) is 59.2 Å². The van der Waals surface area contributed by atoms with Gasteiger partial charge in [0.25, 0.3) is 5.92 Å². The molecule has 2 unspecified atom stereocenters. The van der Waals surface area contributed by atoms with E-state index in [4.69, 9.17) is 4.52 Å². The maximum Gasteiger partial charge on any atom is 0.263 e. The summed E-state index contributed by atoms with van der Waals surface area (Å²) in [5.74, 6) is -4.26. The lowest BCUT2D eigenvalue weighted by Gasteiger charge is -2.37. The highest BCUT2D eigenvalue weighted by molar-refractivity contribution is 5.84. The van der Waals surface area contributed by atoms with Crippen LogP contribution in [0.25, 0.3) is 0 Å². The highest BCUT2D eigenvalue weighted by Crippen LogP contribution is 2.56. The lowest BCUT2D eigenvalue weighted by Crippen LogP contribution is -2.49. The summed E-state index contributed by atoms with van der Waals surface area (Å²) in [6.07, 6.45) is 0. The molecule has 1 aliphatic carbocycles. The van der Waals surface area contributed by atoms with E-state index in [1.807, 2.05) is 0 Å². The van der Waals surface area contributed by atoms with E-state index in [0.717, 1.165) is 0 Å². The number of carbonyl (C=O) groups excluding carboxylic acids is 1. The second kappa shape index (κ2) is 3.49. The second-order valence-corrected chi connectivity index (χ2v) is 5.06. The van der Waals surface area contributed by atoms with E-state index in [2.05, 4.69) is 10.1 Å². The van der Waals surface area contributed by atoms with Gasteiger partial charge in [0.2, 0.25) is 11.8 Å². The highest BCUT2D eigenvalue weighted by atomic mass is 19.3. The molecule has 2 atom stereocenters. The average molecular weight is 257 g/mol. The molecule has 7 heteroatoms. The molecule has 0 aromatic carbocycles. The number of carbonyl (C=O) groups is 1. The van der Waals surface area contributed by atoms with Gasteiger partial charge in [0.1, 0.15) is 5.92 Å². The lowest BCUT2D eigenvalue weighted by molar-refractivity contribution is -0.139. The molecule has 98 valence electrons. The zero-order valence-electron chi connectivity index (χ0n) is 10.1. The summed E-state index contributed by atoms with van der Waals surface area (Å²) in [7, 11) is 0. The van der Waals surface area contributed by atoms with Gasteiger partial charge in [0, 0.05) is 19.0 Å². The van der Waals surface area contributed by atoms with E-state index in [1.165, 1.54) is 11.8 Å². The monoisotopic (exact) mass is 257 g/mol. The van der Waals surface area contributed by atoms with Gasteiger partial charge >= 0.3 is 0 Å². The van der Waals surface area contributed by atoms with Crippen LogP contribution in [0, 0.1) is 18.8 Å². The number of nitrogens with zero attached hydrogens (tertiary/aromatic N) is 3. The van der Waals surface area contributed by atoms with Crippen LogP contribution >= 0.6 is 0 Å². The summed E-state index contributed by atoms with van der Waals surface area (Å²) in [5, 5.41) is 3.66. The Kier molecular flexibility index (Phi) is 2.24. The van der Waals surface area contributed by atoms with E-state index in [-0.39, 0.29) is 5.92 Å². The minimum absolute atomic E-state index is 0.0159. The summed E-state index contributed by atoms with van der Waals surface area (Å²) >= 11 is 0. The molecule has 0 N–H and O–H groups in total. The molecule has 1 aromatic heterocycles. The molecule has 1 saturated carbocycles. The number of aromatic nitrogens is 2. The Hall–Kier alpha value is -1.53. The van der Waals surface area contributed by atoms with Crippen LogP contribution in [0.5, 0.6) is 0 Å². The van der Waals surface area contributed by atoms with Crippen molar-refractivity contribution in [2.24, 2.45) is 11.8 Å². The Morgan fingerprint density at radius 2 is 2.11 bits per heavy atom. The van der Waals surface area contributed by atoms with Gasteiger partial charge in [-0.25, -0.2) is 8.78 Å². The minimum Gasteiger partial charge on any atom is -0.341 e. The average Bonchev–Trinajstić information content (AvgIpc) is 2.58. The molecule has 2 heterocycles. The fourth-order valence-corrected chi connectivity index (χ4v) is 2.35. The predicted octanol–water partition coefficient (Wildman–Crippen LogP) is 1.21. The Bertz CT molecular complexity index is 496. The highest BCUT2D eigenvalue weighted by Gasteiger charge is 2.70. The second-order valence-electron chi connectivity index (χ2n) is 5.06. The summed E-state index contributed by atoms with van der Waals surface area (Å²) in [5.41, 5.74) is 0. The van der Waals surface area contributed by atoms with Crippen LogP contribution in [-0.2, 0) is 4.79 Å². The van der Waals surface area contributed by atoms with Crippen LogP contribution in [-0.4, -0.2) is 40.0 Å². The first-order valence-electron chi connectivity index (χ1n) is 5.88. The molecular formula is C11H13F2N3O2. The van der Waals surface area contributed by atoms with Crippen molar-refractivity contribution in [1.82, 2.24) is 15.0 Å². The first-order valence-corrected chi connectivity index (χ1v) is 5.88. The van der Waals surface area contributed by atoms with Gasteiger partial charge in [-0.3, -0.25) is 4.79 Å². The van der Waals surface area contributed by atoms with E-state index in [1.54, 1.807) is 6.92 Å². The van der Waals surface area contributed by atoms with Gasteiger partial charge in [-0.15, -0.1) is 0 Å². The van der Waals surface area contributed by atoms with Crippen molar-refractivity contribution in [3.8, 4) is 0 Å². The number of alkyl halides is 2. The summed E-state index contributed by atoms with van der Waals surface area (Å²) < 4.78 is 31.2. The molecular weight excluding hydrogens is 244 g/mol. The largest absolute Gasteiger partial charge is 0.341 e. The summed E-state index contributed by atoms with van der Waals surface area (Å²) in [6.45, 7) is 3.89. The molecule has 1 amide bonds. The summed E-state index contributed by atoms with van der Waals surface area (Å²) in [4.78, 5) is 17.3. The normalized spacial score (nSPS) is 30.1. The maximum absolute atomic E-state index is 13.1. The number of likely N-dealkylation sites (tertiary alicyclic amines) is 1. The molecule has 3 rings (SSSR count). The standard InChI is InChI=1S/C11H13F2N3O2/c1-5-8(11(5,12)13)10(17)16-3-7(4-16)9-14-6(2)15-18-9/h5,7-8H,3-4H2,1-2H3. The fourth-order valence-electron chi connectivity index (χ4n) is 2.35. The van der Waals surface area contributed by atoms with Gasteiger partial charge in [-0.1, -0.05) is 12.1 Å². The number of aryl methyl sites for hydroxylation is 1. The van der Waals surface area contributed by atoms with Gasteiger partial charge in [0.05, 0.1) is 5.92 Å². The molecule has 0 radical (unpaired) electrons. The molecule has 5 nitrogen and oxygen atoms in total. The molecule has 0 bridgehead atoms. The number of hydrogen-bond donors (Lipinski definition) is 0. The van der Waals surface area contributed by atoms with Crippen molar-refractivity contribution in [3.63, 3.8) is 0 Å². The van der Waals surface area contributed by atoms with Gasteiger partial charge in [0.15, 0.2) is 5.82 Å². The number of hydrogen-bond acceptors (Lipinski definition) is 4. The van der Waals surface area contributed by atoms with E-state index < -0.39 is 23.7 Å². The SMILES string of the molecule is Cc1noc(C2CN(C(=O)C3C(C)C3(F)F)C2)n1. The third-order valence-electron chi connectivity index (χ3n) is 3.76. The number of rotatable bonds is 2. The summed E-state index contributed by atoms with van der Waals surface area (Å²) in [6, 6.07) is 0. The van der Waals surface area contributed by atoms with Crippen molar-refractivity contribution in [3.05, 3.63) is 11.7 Å². The zero-order chi connectivity index (χ0) is 13.1. The molecule has 18 heavy (non-hydrogen) atoms. The molecule has 1 saturated heterocycles. The van der Waals surface area contributed by atoms with E-state index in [0.29, 0.717) is 24.8 Å². The van der Waals surface area contributed by atoms with Gasteiger partial charge < -0.3 is 9.42 Å². The van der Waals surface area contributed by atoms with Crippen LogP contribution in [0.4, 0.5) is 8.78 Å². The number of amides is 1. The quantitative estimate of drug-likeness (QED) is 0.799. The maximum atomic E-state index is 13.1. The molecule has 1 aromatic rings. The van der Waals surface area contributed by atoms with Crippen LogP contribution < -0.4 is 0 Å². The Morgan fingerprint density at radius 1 is 1.50 bits per heavy atom. The molecule has 1 aliphatic heterocycles. The lowest BCUT2D eigenvalue weighted by atomic mass is 9.99. The number of halogens is 2. The Balaban J connectivity index is 1.58. The molecule has 2 fully saturated rings. The van der Waals surface area contributed by atoms with Gasteiger partial charge in [-0.05, 0) is 6.92 Å². The zero-order valence-corrected chi connectivity index (χ0v) is 10.1. The molecule has 0 spiro atoms. The molecule has 2 aliphatic rings. The fraction of sp³-hybridized carbons (Fsp3) is 0.727. The smallest absolute Gasteiger partial charge is 0.263 e. The van der Waals surface area contributed by atoms with Crippen LogP contribution in [0.2, 0.25) is 0 Å².